The summed E-state index contributed by atoms with van der Waals surface area (Å²) >= 11 is 0. The van der Waals surface area contributed by atoms with Crippen molar-refractivity contribution < 1.29 is 22.5 Å². The van der Waals surface area contributed by atoms with Gasteiger partial charge in [-0.2, -0.15) is 0 Å². The molecule has 8 nitrogen and oxygen atoms in total. The molecule has 0 spiro atoms. The number of para-hydroxylation sites is 1. The summed E-state index contributed by atoms with van der Waals surface area (Å²) in [7, 11) is -4.27. The molecule has 160 valence electrons. The SMILES string of the molecule is Cc1ccc([N+](=O)[O-])cc1NC(=O)CN(c1ccccc1F)S(=O)(=O)c1ccccc1. The molecule has 0 aliphatic rings. The molecule has 31 heavy (non-hydrogen) atoms. The molecule has 0 fully saturated rings. The average Bonchev–Trinajstić information content (AvgIpc) is 2.74. The van der Waals surface area contributed by atoms with Crippen molar-refractivity contribution >= 4 is 33.0 Å². The zero-order valence-electron chi connectivity index (χ0n) is 16.4. The fraction of sp³-hybridized carbons (Fsp3) is 0.0952. The lowest BCUT2D eigenvalue weighted by Gasteiger charge is -2.24. The predicted octanol–water partition coefficient (Wildman–Crippen LogP) is 3.88. The van der Waals surface area contributed by atoms with E-state index in [-0.39, 0.29) is 22.0 Å². The minimum atomic E-state index is -4.27. The quantitative estimate of drug-likeness (QED) is 0.440. The highest BCUT2D eigenvalue weighted by molar-refractivity contribution is 7.92. The van der Waals surface area contributed by atoms with Crippen molar-refractivity contribution in [3.05, 3.63) is 94.3 Å². The van der Waals surface area contributed by atoms with Crippen LogP contribution in [0.3, 0.4) is 0 Å². The second-order valence-corrected chi connectivity index (χ2v) is 8.44. The van der Waals surface area contributed by atoms with E-state index in [9.17, 15) is 27.7 Å². The molecule has 0 atom stereocenters. The Bertz CT molecular complexity index is 1230. The highest BCUT2D eigenvalue weighted by atomic mass is 32.2. The molecule has 0 radical (unpaired) electrons. The van der Waals surface area contributed by atoms with Gasteiger partial charge in [-0.05, 0) is 36.8 Å². The van der Waals surface area contributed by atoms with Crippen LogP contribution >= 0.6 is 0 Å². The Labute approximate surface area is 178 Å². The van der Waals surface area contributed by atoms with Gasteiger partial charge in [0.25, 0.3) is 15.7 Å². The van der Waals surface area contributed by atoms with E-state index in [1.165, 1.54) is 60.7 Å². The van der Waals surface area contributed by atoms with Crippen LogP contribution in [0.25, 0.3) is 0 Å². The molecule has 0 heterocycles. The number of hydrogen-bond donors (Lipinski definition) is 1. The number of halogens is 1. The third-order valence-corrected chi connectivity index (χ3v) is 6.22. The van der Waals surface area contributed by atoms with Gasteiger partial charge in [0.1, 0.15) is 12.4 Å². The molecule has 3 rings (SSSR count). The summed E-state index contributed by atoms with van der Waals surface area (Å²) in [6.07, 6.45) is 0. The molecule has 1 amide bonds. The molecule has 0 unspecified atom stereocenters. The van der Waals surface area contributed by atoms with Gasteiger partial charge in [-0.15, -0.1) is 0 Å². The Kier molecular flexibility index (Phi) is 6.30. The summed E-state index contributed by atoms with van der Waals surface area (Å²) < 4.78 is 41.5. The van der Waals surface area contributed by atoms with Crippen LogP contribution in [0.2, 0.25) is 0 Å². The maximum atomic E-state index is 14.5. The van der Waals surface area contributed by atoms with Crippen molar-refractivity contribution in [3.8, 4) is 0 Å². The summed E-state index contributed by atoms with van der Waals surface area (Å²) in [5, 5.41) is 13.5. The summed E-state index contributed by atoms with van der Waals surface area (Å²) in [6, 6.07) is 16.5. The van der Waals surface area contributed by atoms with Crippen LogP contribution in [0.1, 0.15) is 5.56 Å². The topological polar surface area (TPSA) is 110 Å². The number of carbonyl (C=O) groups excluding carboxylic acids is 1. The largest absolute Gasteiger partial charge is 0.324 e. The van der Waals surface area contributed by atoms with Gasteiger partial charge in [0, 0.05) is 12.1 Å². The zero-order chi connectivity index (χ0) is 22.6. The minimum Gasteiger partial charge on any atom is -0.324 e. The highest BCUT2D eigenvalue weighted by Gasteiger charge is 2.29. The number of amides is 1. The Balaban J connectivity index is 1.97. The number of nitrogens with one attached hydrogen (secondary N) is 1. The molecule has 3 aromatic carbocycles. The van der Waals surface area contributed by atoms with E-state index in [2.05, 4.69) is 5.32 Å². The van der Waals surface area contributed by atoms with Crippen molar-refractivity contribution in [1.82, 2.24) is 0 Å². The molecular weight excluding hydrogens is 425 g/mol. The van der Waals surface area contributed by atoms with Crippen molar-refractivity contribution in [3.63, 3.8) is 0 Å². The van der Waals surface area contributed by atoms with Crippen LogP contribution in [-0.4, -0.2) is 25.8 Å². The van der Waals surface area contributed by atoms with E-state index in [4.69, 9.17) is 0 Å². The second kappa shape index (κ2) is 8.92. The summed E-state index contributed by atoms with van der Waals surface area (Å²) in [4.78, 5) is 23.0. The number of nitro groups is 1. The fourth-order valence-corrected chi connectivity index (χ4v) is 4.30. The van der Waals surface area contributed by atoms with Gasteiger partial charge in [0.15, 0.2) is 0 Å². The van der Waals surface area contributed by atoms with E-state index in [0.29, 0.717) is 9.87 Å². The number of hydrogen-bond acceptors (Lipinski definition) is 5. The number of non-ortho nitro benzene ring substituents is 1. The first-order valence-corrected chi connectivity index (χ1v) is 10.5. The van der Waals surface area contributed by atoms with Gasteiger partial charge in [-0.25, -0.2) is 12.8 Å². The first kappa shape index (κ1) is 21.9. The minimum absolute atomic E-state index is 0.113. The molecule has 0 aromatic heterocycles. The van der Waals surface area contributed by atoms with E-state index < -0.39 is 33.2 Å². The molecule has 0 aliphatic heterocycles. The zero-order valence-corrected chi connectivity index (χ0v) is 17.2. The normalized spacial score (nSPS) is 11.0. The highest BCUT2D eigenvalue weighted by Crippen LogP contribution is 2.27. The molecular formula is C21H18FN3O5S. The number of nitrogens with zero attached hydrogens (tertiary/aromatic N) is 2. The first-order valence-electron chi connectivity index (χ1n) is 9.07. The van der Waals surface area contributed by atoms with E-state index in [0.717, 1.165) is 6.07 Å². The van der Waals surface area contributed by atoms with Crippen LogP contribution < -0.4 is 9.62 Å². The summed E-state index contributed by atoms with van der Waals surface area (Å²) in [5.74, 6) is -1.60. The Hall–Kier alpha value is -3.79. The Morgan fingerprint density at radius 2 is 1.71 bits per heavy atom. The van der Waals surface area contributed by atoms with E-state index in [1.54, 1.807) is 13.0 Å². The van der Waals surface area contributed by atoms with Crippen LogP contribution in [0.5, 0.6) is 0 Å². The van der Waals surface area contributed by atoms with Crippen LogP contribution in [0.4, 0.5) is 21.5 Å². The lowest BCUT2D eigenvalue weighted by atomic mass is 10.2. The molecule has 10 heteroatoms. The number of rotatable bonds is 7. The number of nitro benzene ring substituents is 1. The smallest absolute Gasteiger partial charge is 0.271 e. The number of benzene rings is 3. The monoisotopic (exact) mass is 443 g/mol. The van der Waals surface area contributed by atoms with Crippen molar-refractivity contribution in [1.29, 1.82) is 0 Å². The molecule has 3 aromatic rings. The van der Waals surface area contributed by atoms with Gasteiger partial charge in [0.2, 0.25) is 5.91 Å². The van der Waals surface area contributed by atoms with Gasteiger partial charge in [0.05, 0.1) is 21.2 Å². The molecule has 0 saturated heterocycles. The van der Waals surface area contributed by atoms with Gasteiger partial charge < -0.3 is 5.32 Å². The van der Waals surface area contributed by atoms with E-state index in [1.807, 2.05) is 0 Å². The number of anilines is 2. The third kappa shape index (κ3) is 4.86. The summed E-state index contributed by atoms with van der Waals surface area (Å²) in [5.41, 5.74) is 0.174. The van der Waals surface area contributed by atoms with Gasteiger partial charge in [-0.3, -0.25) is 19.2 Å². The first-order chi connectivity index (χ1) is 14.7. The molecule has 0 bridgehead atoms. The average molecular weight is 443 g/mol. The number of sulfonamides is 1. The molecule has 0 aliphatic carbocycles. The maximum absolute atomic E-state index is 14.5. The molecule has 0 saturated carbocycles. The fourth-order valence-electron chi connectivity index (χ4n) is 2.85. The lowest BCUT2D eigenvalue weighted by Crippen LogP contribution is -2.38. The predicted molar refractivity (Wildman–Crippen MR) is 114 cm³/mol. The van der Waals surface area contributed by atoms with Gasteiger partial charge in [-0.1, -0.05) is 36.4 Å². The Morgan fingerprint density at radius 1 is 1.06 bits per heavy atom. The van der Waals surface area contributed by atoms with Crippen LogP contribution in [0.15, 0.2) is 77.7 Å². The van der Waals surface area contributed by atoms with E-state index >= 15 is 0 Å². The lowest BCUT2D eigenvalue weighted by molar-refractivity contribution is -0.384. The van der Waals surface area contributed by atoms with Crippen LogP contribution in [0, 0.1) is 22.9 Å². The van der Waals surface area contributed by atoms with Crippen molar-refractivity contribution in [2.75, 3.05) is 16.2 Å². The number of aryl methyl sites for hydroxylation is 1. The summed E-state index contributed by atoms with van der Waals surface area (Å²) in [6.45, 7) is 0.898. The Morgan fingerprint density at radius 3 is 2.35 bits per heavy atom. The van der Waals surface area contributed by atoms with Crippen molar-refractivity contribution in [2.24, 2.45) is 0 Å². The maximum Gasteiger partial charge on any atom is 0.271 e. The van der Waals surface area contributed by atoms with Gasteiger partial charge >= 0.3 is 0 Å². The van der Waals surface area contributed by atoms with Crippen LogP contribution in [-0.2, 0) is 14.8 Å². The second-order valence-electron chi connectivity index (χ2n) is 6.58. The third-order valence-electron chi connectivity index (χ3n) is 4.45. The standard InChI is InChI=1S/C21H18FN3O5S/c1-15-11-12-16(25(27)28)13-19(15)23-21(26)14-24(20-10-6-5-9-18(20)22)31(29,30)17-7-3-2-4-8-17/h2-13H,14H2,1H3,(H,23,26). The molecule has 1 N–H and O–H groups in total. The number of carbonyl (C=O) groups is 1. The van der Waals surface area contributed by atoms with Crippen molar-refractivity contribution in [2.45, 2.75) is 11.8 Å².